The van der Waals surface area contributed by atoms with Gasteiger partial charge in [-0.15, -0.1) is 0 Å². The van der Waals surface area contributed by atoms with E-state index in [1.54, 1.807) is 0 Å². The topological polar surface area (TPSA) is 38.5 Å². The van der Waals surface area contributed by atoms with Crippen molar-refractivity contribution in [2.24, 2.45) is 7.05 Å². The van der Waals surface area contributed by atoms with Gasteiger partial charge in [0.15, 0.2) is 10.4 Å². The maximum atomic E-state index is 5.50. The van der Waals surface area contributed by atoms with Gasteiger partial charge < -0.3 is 4.98 Å². The van der Waals surface area contributed by atoms with Crippen LogP contribution in [0.25, 0.3) is 11.2 Å². The summed E-state index contributed by atoms with van der Waals surface area (Å²) in [5, 5.41) is 4.61. The molecule has 1 aromatic carbocycles. The van der Waals surface area contributed by atoms with Gasteiger partial charge in [-0.2, -0.15) is 5.10 Å². The predicted octanol–water partition coefficient (Wildman–Crippen LogP) is 4.20. The highest BCUT2D eigenvalue weighted by Gasteiger charge is 2.14. The molecule has 3 rings (SSSR count). The summed E-state index contributed by atoms with van der Waals surface area (Å²) in [6.45, 7) is 2.90. The molecule has 0 aliphatic rings. The van der Waals surface area contributed by atoms with Crippen LogP contribution >= 0.6 is 28.1 Å². The second-order valence-corrected chi connectivity index (χ2v) is 6.47. The van der Waals surface area contributed by atoms with Crippen molar-refractivity contribution in [1.29, 1.82) is 0 Å². The Morgan fingerprint density at radius 2 is 2.19 bits per heavy atom. The summed E-state index contributed by atoms with van der Waals surface area (Å²) in [7, 11) is 1.97. The number of imidazole rings is 1. The molecule has 0 saturated carbocycles. The van der Waals surface area contributed by atoms with Gasteiger partial charge in [-0.05, 0) is 36.3 Å². The van der Waals surface area contributed by atoms with Crippen molar-refractivity contribution >= 4 is 39.3 Å². The average molecular weight is 365 g/mol. The van der Waals surface area contributed by atoms with Crippen LogP contribution in [0.5, 0.6) is 0 Å². The Hall–Kier alpha value is -1.40. The van der Waals surface area contributed by atoms with Gasteiger partial charge in [0.2, 0.25) is 0 Å². The van der Waals surface area contributed by atoms with E-state index in [2.05, 4.69) is 49.6 Å². The monoisotopic (exact) mass is 364 g/mol. The lowest BCUT2D eigenvalue weighted by Gasteiger charge is -2.05. The molecule has 0 bridgehead atoms. The van der Waals surface area contributed by atoms with E-state index in [1.807, 2.05) is 23.9 Å². The molecule has 6 heteroatoms. The van der Waals surface area contributed by atoms with Gasteiger partial charge in [0.1, 0.15) is 5.52 Å². The van der Waals surface area contributed by atoms with Gasteiger partial charge >= 0.3 is 0 Å². The zero-order chi connectivity index (χ0) is 15.0. The zero-order valence-corrected chi connectivity index (χ0v) is 14.5. The lowest BCUT2D eigenvalue weighted by atomic mass is 10.2. The molecule has 2 aromatic heterocycles. The van der Waals surface area contributed by atoms with Crippen molar-refractivity contribution in [3.8, 4) is 0 Å². The van der Waals surface area contributed by atoms with Crippen molar-refractivity contribution in [2.45, 2.75) is 26.3 Å². The normalized spacial score (nSPS) is 11.4. The van der Waals surface area contributed by atoms with E-state index < -0.39 is 0 Å². The van der Waals surface area contributed by atoms with E-state index in [1.165, 1.54) is 5.56 Å². The highest BCUT2D eigenvalue weighted by atomic mass is 79.9. The molecule has 0 atom stereocenters. The molecule has 0 saturated heterocycles. The van der Waals surface area contributed by atoms with Crippen LogP contribution in [0.2, 0.25) is 0 Å². The first-order valence-electron chi connectivity index (χ1n) is 6.99. The van der Waals surface area contributed by atoms with Crippen LogP contribution < -0.4 is 0 Å². The first-order chi connectivity index (χ1) is 10.1. The molecule has 2 heterocycles. The van der Waals surface area contributed by atoms with Crippen LogP contribution in [0.3, 0.4) is 0 Å². The van der Waals surface area contributed by atoms with Gasteiger partial charge in [0, 0.05) is 11.5 Å². The van der Waals surface area contributed by atoms with Crippen LogP contribution in [-0.2, 0) is 20.0 Å². The van der Waals surface area contributed by atoms with Crippen LogP contribution in [0, 0.1) is 4.77 Å². The number of aromatic nitrogens is 4. The molecule has 0 amide bonds. The Kier molecular flexibility index (Phi) is 3.99. The van der Waals surface area contributed by atoms with Crippen LogP contribution in [0.4, 0.5) is 0 Å². The standard InChI is InChI=1S/C15H17BrN4S/c1-3-5-12-13-14(19(2)18-12)20(15(21)17-13)9-10-6-4-7-11(16)8-10/h4,6-8H,3,5,9H2,1-2H3,(H,17,21). The Morgan fingerprint density at radius 1 is 1.38 bits per heavy atom. The molecule has 0 aliphatic carbocycles. The Bertz CT molecular complexity index is 843. The largest absolute Gasteiger partial charge is 0.328 e. The molecule has 0 fully saturated rings. The SMILES string of the molecule is CCCc1nn(C)c2c1[nH]c(=S)n2Cc1cccc(Br)c1. The summed E-state index contributed by atoms with van der Waals surface area (Å²) in [6.07, 6.45) is 2.03. The lowest BCUT2D eigenvalue weighted by molar-refractivity contribution is 0.703. The third-order valence-electron chi connectivity index (χ3n) is 3.54. The maximum Gasteiger partial charge on any atom is 0.179 e. The van der Waals surface area contributed by atoms with Crippen molar-refractivity contribution in [2.75, 3.05) is 0 Å². The number of rotatable bonds is 4. The number of H-pyrrole nitrogens is 1. The molecule has 3 aromatic rings. The van der Waals surface area contributed by atoms with Crippen molar-refractivity contribution < 1.29 is 0 Å². The van der Waals surface area contributed by atoms with Gasteiger partial charge in [0.05, 0.1) is 12.2 Å². The third kappa shape index (κ3) is 2.70. The quantitative estimate of drug-likeness (QED) is 0.704. The molecule has 4 nitrogen and oxygen atoms in total. The van der Waals surface area contributed by atoms with E-state index in [4.69, 9.17) is 12.2 Å². The fraction of sp³-hybridized carbons (Fsp3) is 0.333. The van der Waals surface area contributed by atoms with Crippen LogP contribution in [-0.4, -0.2) is 19.3 Å². The zero-order valence-electron chi connectivity index (χ0n) is 12.1. The molecule has 1 N–H and O–H groups in total. The molecular weight excluding hydrogens is 348 g/mol. The Labute approximate surface area is 136 Å². The average Bonchev–Trinajstić information content (AvgIpc) is 2.90. The third-order valence-corrected chi connectivity index (χ3v) is 4.35. The van der Waals surface area contributed by atoms with Crippen molar-refractivity contribution in [3.05, 3.63) is 44.8 Å². The number of nitrogens with one attached hydrogen (secondary N) is 1. The first kappa shape index (κ1) is 14.5. The van der Waals surface area contributed by atoms with E-state index in [0.717, 1.165) is 45.5 Å². The smallest absolute Gasteiger partial charge is 0.179 e. The Morgan fingerprint density at radius 3 is 2.90 bits per heavy atom. The highest BCUT2D eigenvalue weighted by molar-refractivity contribution is 9.10. The first-order valence-corrected chi connectivity index (χ1v) is 8.19. The van der Waals surface area contributed by atoms with E-state index >= 15 is 0 Å². The molecule has 21 heavy (non-hydrogen) atoms. The molecule has 0 radical (unpaired) electrons. The number of fused-ring (bicyclic) bond motifs is 1. The van der Waals surface area contributed by atoms with E-state index in [9.17, 15) is 0 Å². The maximum absolute atomic E-state index is 5.50. The molecule has 0 spiro atoms. The lowest BCUT2D eigenvalue weighted by Crippen LogP contribution is -2.04. The highest BCUT2D eigenvalue weighted by Crippen LogP contribution is 2.21. The minimum Gasteiger partial charge on any atom is -0.328 e. The van der Waals surface area contributed by atoms with Crippen molar-refractivity contribution in [1.82, 2.24) is 19.3 Å². The molecule has 0 unspecified atom stereocenters. The number of aryl methyl sites for hydroxylation is 2. The second-order valence-electron chi connectivity index (χ2n) is 5.17. The van der Waals surface area contributed by atoms with E-state index in [-0.39, 0.29) is 0 Å². The molecule has 0 aliphatic heterocycles. The fourth-order valence-electron chi connectivity index (χ4n) is 2.65. The van der Waals surface area contributed by atoms with Gasteiger partial charge in [-0.3, -0.25) is 9.25 Å². The molecule has 110 valence electrons. The number of nitrogens with zero attached hydrogens (tertiary/aromatic N) is 3. The molecular formula is C15H17BrN4S. The number of aromatic amines is 1. The number of hydrogen-bond acceptors (Lipinski definition) is 2. The predicted molar refractivity (Wildman–Crippen MR) is 91.1 cm³/mol. The second kappa shape index (κ2) is 5.77. The fourth-order valence-corrected chi connectivity index (χ4v) is 3.35. The number of halogens is 1. The summed E-state index contributed by atoms with van der Waals surface area (Å²) in [5.74, 6) is 0. The van der Waals surface area contributed by atoms with Crippen LogP contribution in [0.15, 0.2) is 28.7 Å². The van der Waals surface area contributed by atoms with Crippen molar-refractivity contribution in [3.63, 3.8) is 0 Å². The summed E-state index contributed by atoms with van der Waals surface area (Å²) >= 11 is 9.01. The summed E-state index contributed by atoms with van der Waals surface area (Å²) < 4.78 is 5.86. The van der Waals surface area contributed by atoms with Crippen LogP contribution in [0.1, 0.15) is 24.6 Å². The summed E-state index contributed by atoms with van der Waals surface area (Å²) in [4.78, 5) is 3.32. The number of benzene rings is 1. The van der Waals surface area contributed by atoms with Gasteiger partial charge in [0.25, 0.3) is 0 Å². The summed E-state index contributed by atoms with van der Waals surface area (Å²) in [5.41, 5.74) is 4.43. The van der Waals surface area contributed by atoms with Gasteiger partial charge in [-0.1, -0.05) is 41.4 Å². The van der Waals surface area contributed by atoms with E-state index in [0.29, 0.717) is 0 Å². The number of hydrogen-bond donors (Lipinski definition) is 1. The van der Waals surface area contributed by atoms with Gasteiger partial charge in [-0.25, -0.2) is 0 Å². The summed E-state index contributed by atoms with van der Waals surface area (Å²) in [6, 6.07) is 8.29. The Balaban J connectivity index is 2.10. The minimum atomic E-state index is 0.739. The minimum absolute atomic E-state index is 0.739.